The van der Waals surface area contributed by atoms with Crippen molar-refractivity contribution in [1.29, 1.82) is 0 Å². The van der Waals surface area contributed by atoms with Gasteiger partial charge >= 0.3 is 5.97 Å². The van der Waals surface area contributed by atoms with Gasteiger partial charge in [-0.2, -0.15) is 8.42 Å². The zero-order chi connectivity index (χ0) is 15.0. The first-order chi connectivity index (χ1) is 8.48. The molecule has 0 amide bonds. The summed E-state index contributed by atoms with van der Waals surface area (Å²) in [6.45, 7) is 7.55. The van der Waals surface area contributed by atoms with E-state index < -0.39 is 27.4 Å². The number of carbonyl (C=O) groups is 1. The molecule has 110 valence electrons. The predicted octanol–water partition coefficient (Wildman–Crippen LogP) is 2.70. The molecule has 1 aliphatic rings. The van der Waals surface area contributed by atoms with Gasteiger partial charge in [0.2, 0.25) is 0 Å². The van der Waals surface area contributed by atoms with Crippen molar-refractivity contribution in [1.82, 2.24) is 0 Å². The quantitative estimate of drug-likeness (QED) is 0.780. The fourth-order valence-electron chi connectivity index (χ4n) is 2.71. The average molecular weight is 290 g/mol. The summed E-state index contributed by atoms with van der Waals surface area (Å²) in [5.41, 5.74) is -0.569. The van der Waals surface area contributed by atoms with Crippen LogP contribution in [-0.4, -0.2) is 24.0 Å². The predicted molar refractivity (Wildman–Crippen MR) is 72.2 cm³/mol. The molecule has 5 nitrogen and oxygen atoms in total. The lowest BCUT2D eigenvalue weighted by Crippen LogP contribution is -2.34. The van der Waals surface area contributed by atoms with Gasteiger partial charge in [0.05, 0.1) is 10.5 Å². The van der Waals surface area contributed by atoms with Crippen LogP contribution in [0.5, 0.6) is 0 Å². The van der Waals surface area contributed by atoms with Crippen molar-refractivity contribution in [2.24, 2.45) is 17.3 Å². The fourth-order valence-corrected chi connectivity index (χ4v) is 4.00. The van der Waals surface area contributed by atoms with E-state index in [2.05, 4.69) is 0 Å². The average Bonchev–Trinajstić information content (AvgIpc) is 2.24. The summed E-state index contributed by atoms with van der Waals surface area (Å²) in [5.74, 6) is -1.58. The number of hydrogen-bond acceptors (Lipinski definition) is 3. The van der Waals surface area contributed by atoms with Gasteiger partial charge in [-0.05, 0) is 24.2 Å². The van der Waals surface area contributed by atoms with Crippen molar-refractivity contribution in [3.05, 3.63) is 10.5 Å². The molecule has 2 N–H and O–H groups in total. The highest BCUT2D eigenvalue weighted by Crippen LogP contribution is 2.46. The van der Waals surface area contributed by atoms with Crippen LogP contribution < -0.4 is 0 Å². The number of aliphatic carboxylic acids is 1. The van der Waals surface area contributed by atoms with Crippen molar-refractivity contribution >= 4 is 16.1 Å². The van der Waals surface area contributed by atoms with E-state index in [1.54, 1.807) is 0 Å². The molecule has 1 aliphatic carbocycles. The lowest BCUT2D eigenvalue weighted by molar-refractivity contribution is -0.133. The van der Waals surface area contributed by atoms with Crippen LogP contribution in [-0.2, 0) is 14.9 Å². The molecule has 6 heteroatoms. The number of rotatable bonds is 3. The van der Waals surface area contributed by atoms with Gasteiger partial charge in [-0.25, -0.2) is 4.79 Å². The summed E-state index contributed by atoms with van der Waals surface area (Å²) in [6.07, 6.45) is 1.58. The largest absolute Gasteiger partial charge is 0.478 e. The first-order valence-corrected chi connectivity index (χ1v) is 7.86. The van der Waals surface area contributed by atoms with Crippen molar-refractivity contribution in [2.45, 2.75) is 47.0 Å². The Morgan fingerprint density at radius 2 is 1.89 bits per heavy atom. The molecule has 0 aliphatic heterocycles. The highest BCUT2D eigenvalue weighted by Gasteiger charge is 2.42. The second-order valence-corrected chi connectivity index (χ2v) is 7.65. The van der Waals surface area contributed by atoms with E-state index in [1.165, 1.54) is 0 Å². The third-order valence-corrected chi connectivity index (χ3v) is 4.92. The van der Waals surface area contributed by atoms with Crippen LogP contribution in [0.15, 0.2) is 10.5 Å². The smallest absolute Gasteiger partial charge is 0.332 e. The summed E-state index contributed by atoms with van der Waals surface area (Å²) in [4.78, 5) is 11.0. The van der Waals surface area contributed by atoms with E-state index in [0.29, 0.717) is 6.42 Å². The van der Waals surface area contributed by atoms with Gasteiger partial charge in [0, 0.05) is 5.92 Å². The van der Waals surface area contributed by atoms with Gasteiger partial charge in [0.1, 0.15) is 0 Å². The molecule has 0 saturated heterocycles. The zero-order valence-corrected chi connectivity index (χ0v) is 12.6. The maximum Gasteiger partial charge on any atom is 0.332 e. The Morgan fingerprint density at radius 1 is 1.37 bits per heavy atom. The normalized spacial score (nSPS) is 25.5. The first-order valence-electron chi connectivity index (χ1n) is 6.42. The summed E-state index contributed by atoms with van der Waals surface area (Å²) < 4.78 is 32.6. The molecule has 19 heavy (non-hydrogen) atoms. The van der Waals surface area contributed by atoms with E-state index >= 15 is 0 Å². The Hall–Kier alpha value is -0.880. The zero-order valence-electron chi connectivity index (χ0n) is 11.8. The Morgan fingerprint density at radius 3 is 2.21 bits per heavy atom. The van der Waals surface area contributed by atoms with Gasteiger partial charge in [-0.3, -0.25) is 4.55 Å². The molecular weight excluding hydrogens is 268 g/mol. The molecule has 2 atom stereocenters. The van der Waals surface area contributed by atoms with E-state index in [-0.39, 0.29) is 22.8 Å². The first kappa shape index (κ1) is 16.2. The van der Waals surface area contributed by atoms with Crippen LogP contribution in [0.3, 0.4) is 0 Å². The monoisotopic (exact) mass is 290 g/mol. The molecule has 0 fully saturated rings. The molecule has 0 aromatic carbocycles. The second-order valence-electron chi connectivity index (χ2n) is 6.26. The molecule has 0 aromatic rings. The molecule has 1 rings (SSSR count). The fraction of sp³-hybridized carbons (Fsp3) is 0.769. The van der Waals surface area contributed by atoms with Crippen LogP contribution >= 0.6 is 0 Å². The highest BCUT2D eigenvalue weighted by molar-refractivity contribution is 7.89. The lowest BCUT2D eigenvalue weighted by atomic mass is 9.69. The van der Waals surface area contributed by atoms with Gasteiger partial charge in [0.25, 0.3) is 10.1 Å². The topological polar surface area (TPSA) is 91.7 Å². The van der Waals surface area contributed by atoms with Crippen molar-refractivity contribution in [3.8, 4) is 0 Å². The van der Waals surface area contributed by atoms with Gasteiger partial charge in [0.15, 0.2) is 0 Å². The molecule has 0 bridgehead atoms. The van der Waals surface area contributed by atoms with Gasteiger partial charge in [-0.1, -0.05) is 34.1 Å². The minimum absolute atomic E-state index is 0.140. The SMILES string of the molecule is CCC1CC(C(=O)O)=C(S(=O)(=O)O)C(C(C)(C)C)C1. The van der Waals surface area contributed by atoms with Crippen LogP contribution in [0.4, 0.5) is 0 Å². The Kier molecular flexibility index (Phi) is 4.47. The molecule has 0 radical (unpaired) electrons. The minimum Gasteiger partial charge on any atom is -0.478 e. The van der Waals surface area contributed by atoms with Crippen molar-refractivity contribution in [2.75, 3.05) is 0 Å². The lowest BCUT2D eigenvalue weighted by Gasteiger charge is -2.38. The van der Waals surface area contributed by atoms with Crippen LogP contribution in [0.25, 0.3) is 0 Å². The number of hydrogen-bond donors (Lipinski definition) is 2. The van der Waals surface area contributed by atoms with Crippen molar-refractivity contribution < 1.29 is 22.9 Å². The second kappa shape index (κ2) is 5.25. The van der Waals surface area contributed by atoms with E-state index in [9.17, 15) is 22.9 Å². The summed E-state index contributed by atoms with van der Waals surface area (Å²) in [7, 11) is -4.49. The van der Waals surface area contributed by atoms with E-state index in [1.807, 2.05) is 27.7 Å². The molecule has 0 saturated carbocycles. The molecule has 2 unspecified atom stereocenters. The van der Waals surface area contributed by atoms with Crippen molar-refractivity contribution in [3.63, 3.8) is 0 Å². The van der Waals surface area contributed by atoms with Crippen LogP contribution in [0.1, 0.15) is 47.0 Å². The minimum atomic E-state index is -4.49. The van der Waals surface area contributed by atoms with Crippen LogP contribution in [0.2, 0.25) is 0 Å². The number of carboxylic acids is 1. The molecular formula is C13H22O5S. The summed E-state index contributed by atoms with van der Waals surface area (Å²) >= 11 is 0. The standard InChI is InChI=1S/C13H22O5S/c1-5-8-6-9(12(14)15)11(19(16,17)18)10(7-8)13(2,3)4/h8,10H,5-7H2,1-4H3,(H,14,15)(H,16,17,18). The Balaban J connectivity index is 3.50. The summed E-state index contributed by atoms with van der Waals surface area (Å²) in [6, 6.07) is 0. The summed E-state index contributed by atoms with van der Waals surface area (Å²) in [5, 5.41) is 9.24. The maximum atomic E-state index is 11.6. The van der Waals surface area contributed by atoms with Gasteiger partial charge in [-0.15, -0.1) is 0 Å². The number of allylic oxidation sites excluding steroid dienone is 1. The molecule has 0 spiro atoms. The van der Waals surface area contributed by atoms with Gasteiger partial charge < -0.3 is 5.11 Å². The highest BCUT2D eigenvalue weighted by atomic mass is 32.2. The Bertz CT molecular complexity index is 496. The Labute approximate surface area is 114 Å². The number of carboxylic acid groups (broad SMARTS) is 1. The maximum absolute atomic E-state index is 11.6. The molecule has 0 heterocycles. The third-order valence-electron chi connectivity index (χ3n) is 3.83. The molecule has 0 aromatic heterocycles. The van der Waals surface area contributed by atoms with E-state index in [4.69, 9.17) is 0 Å². The van der Waals surface area contributed by atoms with Crippen LogP contribution in [0, 0.1) is 17.3 Å². The third kappa shape index (κ3) is 3.57. The van der Waals surface area contributed by atoms with E-state index in [0.717, 1.165) is 6.42 Å².